The lowest BCUT2D eigenvalue weighted by Crippen LogP contribution is -2.35. The Morgan fingerprint density at radius 1 is 0.444 bits per heavy atom. The van der Waals surface area contributed by atoms with Crippen LogP contribution in [0.5, 0.6) is 0 Å². The van der Waals surface area contributed by atoms with Gasteiger partial charge in [-0.25, -0.2) is 0 Å². The molecule has 0 heterocycles. The molecule has 0 bridgehead atoms. The molecule has 0 amide bonds. The third-order valence-corrected chi connectivity index (χ3v) is 6.52. The van der Waals surface area contributed by atoms with Gasteiger partial charge < -0.3 is 30.8 Å². The number of hydrogen-bond acceptors (Lipinski definition) is 8. The van der Waals surface area contributed by atoms with Gasteiger partial charge in [0.25, 0.3) is 0 Å². The van der Waals surface area contributed by atoms with Crippen LogP contribution in [-0.2, 0) is 0 Å². The molecule has 36 heavy (non-hydrogen) atoms. The molecule has 4 N–H and O–H groups in total. The van der Waals surface area contributed by atoms with Crippen molar-refractivity contribution in [1.82, 2.24) is 30.6 Å². The number of nitrogens with one attached hydrogen (secondary N) is 2. The summed E-state index contributed by atoms with van der Waals surface area (Å²) in [7, 11) is 0. The Bertz CT molecular complexity index is 443. The van der Waals surface area contributed by atoms with Gasteiger partial charge in [0, 0.05) is 37.3 Å². The Morgan fingerprint density at radius 3 is 1.06 bits per heavy atom. The standard InChI is InChI=1S/C28H64N6O2/c1-25(2)29-15-11-19-31(20-12-16-30-26(3)4)17-9-10-18-32(21-13-23-33(35)27(5)6)22-14-24-34(36)28(7)8/h25-30,35-36H,9-24H2,1-8H3. The van der Waals surface area contributed by atoms with Crippen molar-refractivity contribution >= 4 is 0 Å². The second-order valence-electron chi connectivity index (χ2n) is 11.5. The average Bonchev–Trinajstić information content (AvgIpc) is 2.80. The van der Waals surface area contributed by atoms with Gasteiger partial charge in [0.2, 0.25) is 0 Å². The van der Waals surface area contributed by atoms with E-state index in [1.54, 1.807) is 0 Å². The van der Waals surface area contributed by atoms with Gasteiger partial charge in [0.1, 0.15) is 0 Å². The molecule has 218 valence electrons. The fourth-order valence-corrected chi connectivity index (χ4v) is 4.16. The highest BCUT2D eigenvalue weighted by Gasteiger charge is 2.11. The summed E-state index contributed by atoms with van der Waals surface area (Å²) in [5.41, 5.74) is 0. The van der Waals surface area contributed by atoms with E-state index in [1.165, 1.54) is 35.8 Å². The van der Waals surface area contributed by atoms with Gasteiger partial charge in [-0.2, -0.15) is 10.1 Å². The molecule has 0 aromatic heterocycles. The average molecular weight is 517 g/mol. The second-order valence-corrected chi connectivity index (χ2v) is 11.5. The van der Waals surface area contributed by atoms with E-state index >= 15 is 0 Å². The predicted octanol–water partition coefficient (Wildman–Crippen LogP) is 4.13. The van der Waals surface area contributed by atoms with Crippen molar-refractivity contribution in [1.29, 1.82) is 0 Å². The minimum Gasteiger partial charge on any atom is -0.314 e. The van der Waals surface area contributed by atoms with Crippen LogP contribution in [-0.4, -0.2) is 120 Å². The molecule has 0 radical (unpaired) electrons. The summed E-state index contributed by atoms with van der Waals surface area (Å²) in [5, 5.41) is 30.0. The number of rotatable bonds is 25. The monoisotopic (exact) mass is 517 g/mol. The van der Waals surface area contributed by atoms with E-state index in [2.05, 4.69) is 48.1 Å². The predicted molar refractivity (Wildman–Crippen MR) is 154 cm³/mol. The summed E-state index contributed by atoms with van der Waals surface area (Å²) in [6.45, 7) is 27.0. The highest BCUT2D eigenvalue weighted by atomic mass is 16.5. The van der Waals surface area contributed by atoms with Crippen LogP contribution in [0.15, 0.2) is 0 Å². The topological polar surface area (TPSA) is 77.5 Å². The van der Waals surface area contributed by atoms with Crippen LogP contribution < -0.4 is 10.6 Å². The van der Waals surface area contributed by atoms with Gasteiger partial charge in [0.15, 0.2) is 0 Å². The largest absolute Gasteiger partial charge is 0.314 e. The van der Waals surface area contributed by atoms with Crippen molar-refractivity contribution in [2.75, 3.05) is 65.4 Å². The molecule has 0 saturated carbocycles. The first-order chi connectivity index (χ1) is 17.0. The van der Waals surface area contributed by atoms with Crippen LogP contribution in [0, 0.1) is 0 Å². The first-order valence-corrected chi connectivity index (χ1v) is 14.8. The number of hydrogen-bond donors (Lipinski definition) is 4. The second kappa shape index (κ2) is 22.6. The van der Waals surface area contributed by atoms with Gasteiger partial charge in [0.05, 0.1) is 0 Å². The van der Waals surface area contributed by atoms with Crippen LogP contribution in [0.3, 0.4) is 0 Å². The van der Waals surface area contributed by atoms with E-state index in [9.17, 15) is 10.4 Å². The molecule has 0 atom stereocenters. The smallest absolute Gasteiger partial charge is 0.0293 e. The zero-order valence-electron chi connectivity index (χ0n) is 25.3. The summed E-state index contributed by atoms with van der Waals surface area (Å²) in [6.07, 6.45) is 6.71. The lowest BCUT2D eigenvalue weighted by atomic mass is 10.2. The van der Waals surface area contributed by atoms with Crippen molar-refractivity contribution in [3.8, 4) is 0 Å². The molecule has 0 aliphatic heterocycles. The maximum Gasteiger partial charge on any atom is 0.0293 e. The maximum absolute atomic E-state index is 10.0. The van der Waals surface area contributed by atoms with Crippen molar-refractivity contribution in [3.63, 3.8) is 0 Å². The summed E-state index contributed by atoms with van der Waals surface area (Å²) < 4.78 is 0. The number of unbranched alkanes of at least 4 members (excludes halogenated alkanes) is 1. The van der Waals surface area contributed by atoms with Crippen LogP contribution in [0.25, 0.3) is 0 Å². The molecule has 8 nitrogen and oxygen atoms in total. The molecule has 0 aromatic carbocycles. The normalized spacial score (nSPS) is 12.8. The first kappa shape index (κ1) is 35.7. The summed E-state index contributed by atoms with van der Waals surface area (Å²) in [6, 6.07) is 1.42. The Balaban J connectivity index is 4.56. The van der Waals surface area contributed by atoms with E-state index in [4.69, 9.17) is 0 Å². The summed E-state index contributed by atoms with van der Waals surface area (Å²) in [5.74, 6) is 0. The fourth-order valence-electron chi connectivity index (χ4n) is 4.16. The Kier molecular flexibility index (Phi) is 22.4. The van der Waals surface area contributed by atoms with Gasteiger partial charge in [-0.15, -0.1) is 0 Å². The van der Waals surface area contributed by atoms with Crippen molar-refractivity contribution < 1.29 is 10.4 Å². The molecule has 0 aromatic rings. The maximum atomic E-state index is 10.0. The summed E-state index contributed by atoms with van der Waals surface area (Å²) >= 11 is 0. The third-order valence-electron chi connectivity index (χ3n) is 6.52. The zero-order valence-corrected chi connectivity index (χ0v) is 25.3. The SMILES string of the molecule is CC(C)NCCCN(CCCCN(CCCN(O)C(C)C)CCCN(O)C(C)C)CCCNC(C)C. The quantitative estimate of drug-likeness (QED) is 0.107. The van der Waals surface area contributed by atoms with E-state index in [0.29, 0.717) is 25.2 Å². The van der Waals surface area contributed by atoms with E-state index in [0.717, 1.165) is 65.2 Å². The highest BCUT2D eigenvalue weighted by Crippen LogP contribution is 2.05. The minimum atomic E-state index is 0.157. The van der Waals surface area contributed by atoms with E-state index < -0.39 is 0 Å². The number of nitrogens with zero attached hydrogens (tertiary/aromatic N) is 4. The molecule has 0 saturated heterocycles. The molecule has 0 unspecified atom stereocenters. The van der Waals surface area contributed by atoms with Gasteiger partial charge in [-0.3, -0.25) is 0 Å². The van der Waals surface area contributed by atoms with Crippen LogP contribution in [0.1, 0.15) is 93.9 Å². The van der Waals surface area contributed by atoms with Crippen molar-refractivity contribution in [3.05, 3.63) is 0 Å². The zero-order chi connectivity index (χ0) is 27.3. The van der Waals surface area contributed by atoms with Crippen molar-refractivity contribution in [2.24, 2.45) is 0 Å². The lowest BCUT2D eigenvalue weighted by molar-refractivity contribution is -0.120. The Morgan fingerprint density at radius 2 is 0.750 bits per heavy atom. The molecular formula is C28H64N6O2. The molecule has 0 fully saturated rings. The molecule has 0 aliphatic carbocycles. The lowest BCUT2D eigenvalue weighted by Gasteiger charge is -2.27. The number of hydroxylamine groups is 4. The first-order valence-electron chi connectivity index (χ1n) is 14.8. The molecule has 0 aliphatic rings. The van der Waals surface area contributed by atoms with E-state index in [-0.39, 0.29) is 12.1 Å². The van der Waals surface area contributed by atoms with Crippen LogP contribution in [0.4, 0.5) is 0 Å². The Labute approximate surface area is 224 Å². The highest BCUT2D eigenvalue weighted by molar-refractivity contribution is 4.66. The molecular weight excluding hydrogens is 452 g/mol. The van der Waals surface area contributed by atoms with Crippen LogP contribution in [0.2, 0.25) is 0 Å². The van der Waals surface area contributed by atoms with Gasteiger partial charge >= 0.3 is 0 Å². The molecule has 8 heteroatoms. The summed E-state index contributed by atoms with van der Waals surface area (Å²) in [4.78, 5) is 5.17. The van der Waals surface area contributed by atoms with Crippen molar-refractivity contribution in [2.45, 2.75) is 118 Å². The van der Waals surface area contributed by atoms with E-state index in [1.807, 2.05) is 27.7 Å². The fraction of sp³-hybridized carbons (Fsp3) is 1.00. The molecule has 0 spiro atoms. The van der Waals surface area contributed by atoms with Crippen LogP contribution >= 0.6 is 0 Å². The Hall–Kier alpha value is -0.320. The van der Waals surface area contributed by atoms with Gasteiger partial charge in [-0.05, 0) is 119 Å². The molecule has 0 rings (SSSR count). The third kappa shape index (κ3) is 21.7. The minimum absolute atomic E-state index is 0.157. The van der Waals surface area contributed by atoms with Gasteiger partial charge in [-0.1, -0.05) is 27.7 Å².